The van der Waals surface area contributed by atoms with Crippen molar-refractivity contribution in [3.8, 4) is 5.75 Å². The van der Waals surface area contributed by atoms with Crippen LogP contribution in [0.1, 0.15) is 5.56 Å². The molecule has 0 aliphatic heterocycles. The minimum atomic E-state index is -0.716. The van der Waals surface area contributed by atoms with E-state index in [1.165, 1.54) is 0 Å². The quantitative estimate of drug-likeness (QED) is 0.584. The standard InChI is InChI=1S/C11H15N3O3/c1-16-7-10(13-14-11(12)15)8-3-5-9(17-2)6-4-8/h3-6H,7H2,1-2H3,(H3,12,14,15). The summed E-state index contributed by atoms with van der Waals surface area (Å²) in [6, 6.07) is 6.51. The molecule has 0 fully saturated rings. The molecule has 3 N–H and O–H groups in total. The first-order valence-electron chi connectivity index (χ1n) is 4.92. The first-order valence-corrected chi connectivity index (χ1v) is 4.92. The third-order valence-corrected chi connectivity index (χ3v) is 2.01. The Morgan fingerprint density at radius 2 is 2.00 bits per heavy atom. The van der Waals surface area contributed by atoms with Gasteiger partial charge in [0.25, 0.3) is 0 Å². The molecule has 0 saturated carbocycles. The molecule has 1 aromatic carbocycles. The maximum atomic E-state index is 10.6. The Hall–Kier alpha value is -2.08. The van der Waals surface area contributed by atoms with Crippen LogP contribution in [0.15, 0.2) is 29.4 Å². The number of carbonyl (C=O) groups is 1. The Balaban J connectivity index is 2.88. The summed E-state index contributed by atoms with van der Waals surface area (Å²) in [4.78, 5) is 10.6. The summed E-state index contributed by atoms with van der Waals surface area (Å²) in [5.74, 6) is 0.744. The number of urea groups is 1. The van der Waals surface area contributed by atoms with E-state index in [1.54, 1.807) is 26.4 Å². The third kappa shape index (κ3) is 4.12. The molecule has 6 nitrogen and oxygen atoms in total. The SMILES string of the molecule is COCC(=NNC(N)=O)c1ccc(OC)cc1. The molecule has 0 aliphatic carbocycles. The lowest BCUT2D eigenvalue weighted by atomic mass is 10.1. The van der Waals surface area contributed by atoms with E-state index in [9.17, 15) is 4.79 Å². The van der Waals surface area contributed by atoms with Crippen molar-refractivity contribution in [1.82, 2.24) is 5.43 Å². The van der Waals surface area contributed by atoms with Crippen molar-refractivity contribution in [2.45, 2.75) is 0 Å². The number of nitrogens with one attached hydrogen (secondary N) is 1. The summed E-state index contributed by atoms with van der Waals surface area (Å²) in [5, 5.41) is 3.87. The highest BCUT2D eigenvalue weighted by molar-refractivity contribution is 6.02. The average molecular weight is 237 g/mol. The molecule has 2 amide bonds. The molecule has 0 aromatic heterocycles. The molecule has 17 heavy (non-hydrogen) atoms. The van der Waals surface area contributed by atoms with Gasteiger partial charge in [0.05, 0.1) is 19.4 Å². The predicted octanol–water partition coefficient (Wildman–Crippen LogP) is 0.714. The van der Waals surface area contributed by atoms with Gasteiger partial charge in [0.2, 0.25) is 0 Å². The van der Waals surface area contributed by atoms with Crippen LogP contribution in [-0.2, 0) is 4.74 Å². The number of ether oxygens (including phenoxy) is 2. The molecule has 6 heteroatoms. The van der Waals surface area contributed by atoms with Crippen LogP contribution < -0.4 is 15.9 Å². The number of hydrogen-bond donors (Lipinski definition) is 2. The van der Waals surface area contributed by atoms with E-state index in [0.717, 1.165) is 11.3 Å². The monoisotopic (exact) mass is 237 g/mol. The second-order valence-corrected chi connectivity index (χ2v) is 3.20. The lowest BCUT2D eigenvalue weighted by molar-refractivity contribution is 0.243. The normalized spacial score (nSPS) is 11.1. The van der Waals surface area contributed by atoms with Gasteiger partial charge in [-0.1, -0.05) is 0 Å². The van der Waals surface area contributed by atoms with E-state index in [2.05, 4.69) is 10.5 Å². The predicted molar refractivity (Wildman–Crippen MR) is 64.1 cm³/mol. The Kier molecular flexibility index (Phi) is 4.96. The molecule has 92 valence electrons. The van der Waals surface area contributed by atoms with Gasteiger partial charge in [0.15, 0.2) is 0 Å². The van der Waals surface area contributed by atoms with Crippen LogP contribution in [0.25, 0.3) is 0 Å². The number of nitrogens with two attached hydrogens (primary N) is 1. The summed E-state index contributed by atoms with van der Waals surface area (Å²) >= 11 is 0. The van der Waals surface area contributed by atoms with E-state index < -0.39 is 6.03 Å². The Labute approximate surface area is 99.4 Å². The number of nitrogens with zero attached hydrogens (tertiary/aromatic N) is 1. The van der Waals surface area contributed by atoms with Gasteiger partial charge in [-0.3, -0.25) is 0 Å². The first kappa shape index (κ1) is 13.0. The van der Waals surface area contributed by atoms with Crippen molar-refractivity contribution >= 4 is 11.7 Å². The fourth-order valence-corrected chi connectivity index (χ4v) is 1.22. The summed E-state index contributed by atoms with van der Waals surface area (Å²) in [6.07, 6.45) is 0. The van der Waals surface area contributed by atoms with Gasteiger partial charge in [0.1, 0.15) is 5.75 Å². The Bertz CT molecular complexity index is 401. The minimum absolute atomic E-state index is 0.270. The molecule has 0 spiro atoms. The van der Waals surface area contributed by atoms with E-state index in [4.69, 9.17) is 15.2 Å². The van der Waals surface area contributed by atoms with Crippen LogP contribution in [0.2, 0.25) is 0 Å². The van der Waals surface area contributed by atoms with Crippen molar-refractivity contribution in [2.75, 3.05) is 20.8 Å². The van der Waals surface area contributed by atoms with Crippen LogP contribution in [0.5, 0.6) is 5.75 Å². The zero-order chi connectivity index (χ0) is 12.7. The highest BCUT2D eigenvalue weighted by Crippen LogP contribution is 2.12. The number of hydrazone groups is 1. The zero-order valence-electron chi connectivity index (χ0n) is 9.77. The van der Waals surface area contributed by atoms with Crippen molar-refractivity contribution < 1.29 is 14.3 Å². The maximum absolute atomic E-state index is 10.6. The fraction of sp³-hybridized carbons (Fsp3) is 0.273. The van der Waals surface area contributed by atoms with Crippen LogP contribution in [0.4, 0.5) is 4.79 Å². The van der Waals surface area contributed by atoms with E-state index in [-0.39, 0.29) is 6.61 Å². The van der Waals surface area contributed by atoms with Gasteiger partial charge in [0, 0.05) is 12.7 Å². The number of rotatable bonds is 5. The summed E-state index contributed by atoms with van der Waals surface area (Å²) in [5.41, 5.74) is 8.51. The average Bonchev–Trinajstić information content (AvgIpc) is 2.34. The zero-order valence-corrected chi connectivity index (χ0v) is 9.77. The molecule has 0 saturated heterocycles. The molecule has 0 bridgehead atoms. The van der Waals surface area contributed by atoms with Gasteiger partial charge in [-0.05, 0) is 24.3 Å². The van der Waals surface area contributed by atoms with Gasteiger partial charge in [-0.15, -0.1) is 0 Å². The second kappa shape index (κ2) is 6.49. The molecule has 0 unspecified atom stereocenters. The highest BCUT2D eigenvalue weighted by Gasteiger charge is 2.04. The van der Waals surface area contributed by atoms with E-state index in [1.807, 2.05) is 12.1 Å². The van der Waals surface area contributed by atoms with Gasteiger partial charge >= 0.3 is 6.03 Å². The molecular formula is C11H15N3O3. The van der Waals surface area contributed by atoms with Crippen LogP contribution >= 0.6 is 0 Å². The first-order chi connectivity index (χ1) is 8.17. The number of amides is 2. The van der Waals surface area contributed by atoms with Gasteiger partial charge < -0.3 is 15.2 Å². The van der Waals surface area contributed by atoms with Crippen LogP contribution in [-0.4, -0.2) is 32.6 Å². The van der Waals surface area contributed by atoms with E-state index in [0.29, 0.717) is 5.71 Å². The Morgan fingerprint density at radius 3 is 2.47 bits per heavy atom. The minimum Gasteiger partial charge on any atom is -0.497 e. The lowest BCUT2D eigenvalue weighted by Crippen LogP contribution is -2.27. The smallest absolute Gasteiger partial charge is 0.332 e. The molecule has 0 radical (unpaired) electrons. The summed E-state index contributed by atoms with van der Waals surface area (Å²) in [7, 11) is 3.14. The largest absolute Gasteiger partial charge is 0.497 e. The highest BCUT2D eigenvalue weighted by atomic mass is 16.5. The molecule has 1 aromatic rings. The number of primary amides is 1. The maximum Gasteiger partial charge on any atom is 0.332 e. The number of carbonyl (C=O) groups excluding carboxylic acids is 1. The third-order valence-electron chi connectivity index (χ3n) is 2.01. The molecule has 1 rings (SSSR count). The molecule has 0 heterocycles. The van der Waals surface area contributed by atoms with Gasteiger partial charge in [-0.25, -0.2) is 10.2 Å². The fourth-order valence-electron chi connectivity index (χ4n) is 1.22. The van der Waals surface area contributed by atoms with Crippen molar-refractivity contribution in [3.63, 3.8) is 0 Å². The molecule has 0 aliphatic rings. The van der Waals surface area contributed by atoms with Crippen molar-refractivity contribution in [3.05, 3.63) is 29.8 Å². The Morgan fingerprint density at radius 1 is 1.35 bits per heavy atom. The van der Waals surface area contributed by atoms with Gasteiger partial charge in [-0.2, -0.15) is 5.10 Å². The number of methoxy groups -OCH3 is 2. The van der Waals surface area contributed by atoms with Crippen LogP contribution in [0, 0.1) is 0 Å². The summed E-state index contributed by atoms with van der Waals surface area (Å²) < 4.78 is 10.0. The van der Waals surface area contributed by atoms with Crippen LogP contribution in [0.3, 0.4) is 0 Å². The number of benzene rings is 1. The topological polar surface area (TPSA) is 85.9 Å². The van der Waals surface area contributed by atoms with Crippen molar-refractivity contribution in [2.24, 2.45) is 10.8 Å². The lowest BCUT2D eigenvalue weighted by Gasteiger charge is -2.06. The van der Waals surface area contributed by atoms with E-state index >= 15 is 0 Å². The summed E-state index contributed by atoms with van der Waals surface area (Å²) in [6.45, 7) is 0.270. The molecular weight excluding hydrogens is 222 g/mol. The number of hydrogen-bond acceptors (Lipinski definition) is 4. The second-order valence-electron chi connectivity index (χ2n) is 3.20. The molecule has 0 atom stereocenters. The van der Waals surface area contributed by atoms with Crippen molar-refractivity contribution in [1.29, 1.82) is 0 Å².